The smallest absolute Gasteiger partial charge is 0.153 e. The highest BCUT2D eigenvalue weighted by Crippen LogP contribution is 2.49. The molecule has 0 spiro atoms. The fourth-order valence-electron chi connectivity index (χ4n) is 6.94. The maximum atomic E-state index is 17.0. The third-order valence-electron chi connectivity index (χ3n) is 9.27. The van der Waals surface area contributed by atoms with Crippen molar-refractivity contribution < 1.29 is 18.6 Å². The van der Waals surface area contributed by atoms with Crippen molar-refractivity contribution in [1.82, 2.24) is 19.3 Å². The number of rotatable bonds is 6. The van der Waals surface area contributed by atoms with Crippen molar-refractivity contribution in [3.05, 3.63) is 83.2 Å². The number of aromatic nitrogens is 4. The zero-order valence-electron chi connectivity index (χ0n) is 23.6. The van der Waals surface area contributed by atoms with E-state index in [0.29, 0.717) is 35.2 Å². The van der Waals surface area contributed by atoms with Gasteiger partial charge < -0.3 is 14.4 Å². The van der Waals surface area contributed by atoms with E-state index in [9.17, 15) is 5.11 Å². The van der Waals surface area contributed by atoms with Crippen LogP contribution in [0.3, 0.4) is 0 Å². The highest BCUT2D eigenvalue weighted by molar-refractivity contribution is 6.07. The van der Waals surface area contributed by atoms with Gasteiger partial charge in [0.2, 0.25) is 0 Å². The Kier molecular flexibility index (Phi) is 6.24. The molecule has 3 aromatic heterocycles. The van der Waals surface area contributed by atoms with Gasteiger partial charge in [0.05, 0.1) is 40.1 Å². The summed E-state index contributed by atoms with van der Waals surface area (Å²) in [5, 5.41) is 16.5. The van der Waals surface area contributed by atoms with Crippen molar-refractivity contribution in [3.63, 3.8) is 0 Å². The van der Waals surface area contributed by atoms with Gasteiger partial charge >= 0.3 is 0 Å². The number of fused-ring (bicyclic) bond motifs is 3. The van der Waals surface area contributed by atoms with Crippen LogP contribution < -0.4 is 0 Å². The largest absolute Gasteiger partial charge is 0.385 e. The molecule has 8 heteroatoms. The molecule has 1 aliphatic heterocycles. The van der Waals surface area contributed by atoms with E-state index in [1.807, 2.05) is 47.6 Å². The first-order valence-corrected chi connectivity index (χ1v) is 14.4. The fourth-order valence-corrected chi connectivity index (χ4v) is 6.94. The molecule has 1 N–H and O–H groups in total. The summed E-state index contributed by atoms with van der Waals surface area (Å²) in [5.74, 6) is -0.771. The van der Waals surface area contributed by atoms with Crippen LogP contribution in [-0.2, 0) is 17.4 Å². The van der Waals surface area contributed by atoms with Crippen LogP contribution in [0.1, 0.15) is 55.3 Å². The monoisotopic (exact) mass is 556 g/mol. The van der Waals surface area contributed by atoms with E-state index in [1.165, 1.54) is 6.07 Å². The summed E-state index contributed by atoms with van der Waals surface area (Å²) in [4.78, 5) is 4.88. The van der Waals surface area contributed by atoms with Gasteiger partial charge in [-0.3, -0.25) is 9.67 Å². The molecule has 1 saturated heterocycles. The summed E-state index contributed by atoms with van der Waals surface area (Å²) in [6, 6.07) is 11.9. The first-order chi connectivity index (χ1) is 19.8. The van der Waals surface area contributed by atoms with Crippen LogP contribution in [0, 0.1) is 30.4 Å². The number of pyridine rings is 1. The lowest BCUT2D eigenvalue weighted by Crippen LogP contribution is -2.28. The van der Waals surface area contributed by atoms with Gasteiger partial charge in [-0.15, -0.1) is 0 Å². The molecule has 0 bridgehead atoms. The lowest BCUT2D eigenvalue weighted by molar-refractivity contribution is 0.0297. The van der Waals surface area contributed by atoms with Crippen LogP contribution in [-0.4, -0.2) is 37.7 Å². The van der Waals surface area contributed by atoms with Crippen molar-refractivity contribution in [2.24, 2.45) is 18.9 Å². The number of nitrogens with zero attached hydrogens (tertiary/aromatic N) is 4. The van der Waals surface area contributed by atoms with Crippen molar-refractivity contribution >= 4 is 21.9 Å². The number of aryl methyl sites for hydroxylation is 2. The Labute approximate surface area is 237 Å². The van der Waals surface area contributed by atoms with E-state index in [-0.39, 0.29) is 23.2 Å². The molecule has 5 aromatic rings. The highest BCUT2D eigenvalue weighted by atomic mass is 19.1. The second-order valence-corrected chi connectivity index (χ2v) is 11.9. The second-order valence-electron chi connectivity index (χ2n) is 11.9. The van der Waals surface area contributed by atoms with Gasteiger partial charge in [-0.25, -0.2) is 8.78 Å². The van der Waals surface area contributed by atoms with Crippen LogP contribution >= 0.6 is 0 Å². The summed E-state index contributed by atoms with van der Waals surface area (Å²) >= 11 is 0. The van der Waals surface area contributed by atoms with E-state index in [1.54, 1.807) is 31.3 Å². The van der Waals surface area contributed by atoms with Crippen LogP contribution in [0.4, 0.5) is 8.78 Å². The first-order valence-electron chi connectivity index (χ1n) is 14.4. The molecule has 7 rings (SSSR count). The van der Waals surface area contributed by atoms with Crippen LogP contribution in [0.5, 0.6) is 0 Å². The first kappa shape index (κ1) is 26.3. The topological polar surface area (TPSA) is 65.1 Å². The van der Waals surface area contributed by atoms with Crippen LogP contribution in [0.2, 0.25) is 0 Å². The number of ether oxygens (including phenoxy) is 1. The van der Waals surface area contributed by atoms with Gasteiger partial charge in [0.15, 0.2) is 5.82 Å². The average Bonchev–Trinajstić information content (AvgIpc) is 3.72. The molecule has 2 aromatic carbocycles. The molecule has 212 valence electrons. The molecule has 2 atom stereocenters. The Morgan fingerprint density at radius 3 is 2.49 bits per heavy atom. The minimum Gasteiger partial charge on any atom is -0.385 e. The number of hydrogen-bond acceptors (Lipinski definition) is 4. The SMILES string of the molecule is Cc1cnn(C)c1-c1cnc2c3ccc(C(C)(O)C4CC4)c(F)c3n([C@H](c3ccccc3F)C3CCOCC3)c2c1. The van der Waals surface area contributed by atoms with Gasteiger partial charge in [-0.1, -0.05) is 30.3 Å². The van der Waals surface area contributed by atoms with Gasteiger partial charge in [-0.05, 0) is 69.1 Å². The molecule has 4 heterocycles. The quantitative estimate of drug-likeness (QED) is 0.250. The normalized spacial score (nSPS) is 18.7. The molecular formula is C33H34F2N4O2. The molecular weight excluding hydrogens is 522 g/mol. The molecule has 2 aliphatic rings. The van der Waals surface area contributed by atoms with Gasteiger partial charge in [0.25, 0.3) is 0 Å². The van der Waals surface area contributed by atoms with E-state index in [0.717, 1.165) is 48.0 Å². The molecule has 2 fully saturated rings. The Balaban J connectivity index is 1.58. The Hall–Kier alpha value is -3.62. The zero-order valence-corrected chi connectivity index (χ0v) is 23.6. The lowest BCUT2D eigenvalue weighted by Gasteiger charge is -2.33. The van der Waals surface area contributed by atoms with Crippen molar-refractivity contribution in [1.29, 1.82) is 0 Å². The molecule has 0 amide bonds. The summed E-state index contributed by atoms with van der Waals surface area (Å²) in [6.45, 7) is 4.83. The van der Waals surface area contributed by atoms with E-state index in [2.05, 4.69) is 5.10 Å². The van der Waals surface area contributed by atoms with E-state index < -0.39 is 17.5 Å². The predicted molar refractivity (Wildman–Crippen MR) is 155 cm³/mol. The molecule has 41 heavy (non-hydrogen) atoms. The van der Waals surface area contributed by atoms with Gasteiger partial charge in [0, 0.05) is 48.5 Å². The molecule has 1 aliphatic carbocycles. The highest BCUT2D eigenvalue weighted by Gasteiger charge is 2.44. The number of halogens is 2. The summed E-state index contributed by atoms with van der Waals surface area (Å²) in [6.07, 6.45) is 6.77. The lowest BCUT2D eigenvalue weighted by atomic mass is 9.86. The van der Waals surface area contributed by atoms with Gasteiger partial charge in [0.1, 0.15) is 5.82 Å². The third kappa shape index (κ3) is 4.18. The minimum absolute atomic E-state index is 0.00791. The predicted octanol–water partition coefficient (Wildman–Crippen LogP) is 6.81. The molecule has 1 saturated carbocycles. The Morgan fingerprint density at radius 2 is 1.80 bits per heavy atom. The van der Waals surface area contributed by atoms with Gasteiger partial charge in [-0.2, -0.15) is 5.10 Å². The number of aliphatic hydroxyl groups is 1. The minimum atomic E-state index is -1.30. The average molecular weight is 557 g/mol. The maximum Gasteiger partial charge on any atom is 0.153 e. The summed E-state index contributed by atoms with van der Waals surface area (Å²) in [7, 11) is 1.89. The molecule has 0 radical (unpaired) electrons. The van der Waals surface area contributed by atoms with Crippen LogP contribution in [0.25, 0.3) is 33.2 Å². The zero-order chi connectivity index (χ0) is 28.5. The summed E-state index contributed by atoms with van der Waals surface area (Å²) < 4.78 is 42.1. The standard InChI is InChI=1S/C33H34F2N4O2/c1-19-17-37-38(3)30(19)21-16-27-29(36-18-21)24-10-11-25(33(2,40)22-8-9-22)28(35)32(24)39(27)31(20-12-14-41-15-13-20)23-6-4-5-7-26(23)34/h4-7,10-11,16-18,20,22,31,40H,8-9,12-15H2,1-3H3/t31-,33?/m0/s1. The fraction of sp³-hybridized carbons (Fsp3) is 0.394. The number of benzene rings is 2. The molecule has 1 unspecified atom stereocenters. The Morgan fingerprint density at radius 1 is 1.05 bits per heavy atom. The molecule has 6 nitrogen and oxygen atoms in total. The van der Waals surface area contributed by atoms with Crippen LogP contribution in [0.15, 0.2) is 54.9 Å². The second kappa shape index (κ2) is 9.74. The van der Waals surface area contributed by atoms with Crippen molar-refractivity contribution in [2.75, 3.05) is 13.2 Å². The third-order valence-corrected chi connectivity index (χ3v) is 9.27. The number of hydrogen-bond donors (Lipinski definition) is 1. The van der Waals surface area contributed by atoms with E-state index >= 15 is 8.78 Å². The van der Waals surface area contributed by atoms with E-state index in [4.69, 9.17) is 9.72 Å². The maximum absolute atomic E-state index is 17.0. The Bertz CT molecular complexity index is 1760. The van der Waals surface area contributed by atoms with Crippen molar-refractivity contribution in [3.8, 4) is 11.3 Å². The van der Waals surface area contributed by atoms with Crippen molar-refractivity contribution in [2.45, 2.75) is 51.2 Å². The summed E-state index contributed by atoms with van der Waals surface area (Å²) in [5.41, 5.74) is 3.98.